The molecule has 1 aliphatic carbocycles. The van der Waals surface area contributed by atoms with Crippen LogP contribution in [0.15, 0.2) is 0 Å². The van der Waals surface area contributed by atoms with Crippen molar-refractivity contribution in [3.05, 3.63) is 0 Å². The molecule has 0 radical (unpaired) electrons. The second-order valence-electron chi connectivity index (χ2n) is 4.45. The van der Waals surface area contributed by atoms with E-state index in [9.17, 15) is 0 Å². The number of hydrogen-bond donors (Lipinski definition) is 0. The Morgan fingerprint density at radius 2 is 1.67 bits per heavy atom. The molecule has 0 N–H and O–H groups in total. The summed E-state index contributed by atoms with van der Waals surface area (Å²) in [6.07, 6.45) is 7.27. The molecular weight excluding hydrogens is 374 g/mol. The molecule has 0 heterocycles. The zero-order chi connectivity index (χ0) is 9.24. The van der Waals surface area contributed by atoms with Crippen molar-refractivity contribution in [3.63, 3.8) is 0 Å². The topological polar surface area (TPSA) is 0 Å². The van der Waals surface area contributed by atoms with Crippen LogP contribution in [0.4, 0.5) is 0 Å². The lowest BCUT2D eigenvalue weighted by molar-refractivity contribution is 0.186. The van der Waals surface area contributed by atoms with E-state index in [1.807, 2.05) is 0 Å². The maximum Gasteiger partial charge on any atom is 0.0229 e. The minimum absolute atomic E-state index is 0.479. The zero-order valence-electron chi connectivity index (χ0n) is 8.00. The van der Waals surface area contributed by atoms with Crippen molar-refractivity contribution in [1.82, 2.24) is 0 Å². The first-order valence-electron chi connectivity index (χ1n) is 4.77. The lowest BCUT2D eigenvalue weighted by Gasteiger charge is -2.45. The van der Waals surface area contributed by atoms with Gasteiger partial charge in [0.05, 0.1) is 0 Å². The highest BCUT2D eigenvalue weighted by Gasteiger charge is 2.42. The van der Waals surface area contributed by atoms with Gasteiger partial charge in [-0.25, -0.2) is 0 Å². The van der Waals surface area contributed by atoms with Gasteiger partial charge in [-0.2, -0.15) is 0 Å². The van der Waals surface area contributed by atoms with Crippen LogP contribution in [0.2, 0.25) is 0 Å². The van der Waals surface area contributed by atoms with E-state index in [1.54, 1.807) is 0 Å². The predicted molar refractivity (Wildman–Crippen MR) is 72.5 cm³/mol. The van der Waals surface area contributed by atoms with Crippen LogP contribution in [0.25, 0.3) is 0 Å². The standard InChI is InChI=1S/C10H18I2/c1-9(2,12)10(8-11)6-4-3-5-7-10/h3-8H2,1-2H3. The lowest BCUT2D eigenvalue weighted by atomic mass is 9.68. The van der Waals surface area contributed by atoms with Crippen molar-refractivity contribution >= 4 is 45.2 Å². The summed E-state index contributed by atoms with van der Waals surface area (Å²) in [7, 11) is 0. The first-order chi connectivity index (χ1) is 5.52. The van der Waals surface area contributed by atoms with E-state index in [1.165, 1.54) is 36.5 Å². The van der Waals surface area contributed by atoms with Crippen molar-refractivity contribution in [1.29, 1.82) is 0 Å². The highest BCUT2D eigenvalue weighted by Crippen LogP contribution is 2.50. The summed E-state index contributed by atoms with van der Waals surface area (Å²) in [4.78, 5) is 0. The van der Waals surface area contributed by atoms with Crippen LogP contribution in [0.5, 0.6) is 0 Å². The van der Waals surface area contributed by atoms with Gasteiger partial charge in [0.25, 0.3) is 0 Å². The van der Waals surface area contributed by atoms with Gasteiger partial charge in [-0.3, -0.25) is 0 Å². The Labute approximate surface area is 104 Å². The second-order valence-corrected chi connectivity index (χ2v) is 7.91. The van der Waals surface area contributed by atoms with Crippen LogP contribution < -0.4 is 0 Å². The average Bonchev–Trinajstić information content (AvgIpc) is 2.04. The molecule has 0 aromatic rings. The summed E-state index contributed by atoms with van der Waals surface area (Å²) in [5.74, 6) is 0. The van der Waals surface area contributed by atoms with Gasteiger partial charge in [0, 0.05) is 7.85 Å². The Balaban J connectivity index is 2.73. The van der Waals surface area contributed by atoms with Crippen LogP contribution in [-0.4, -0.2) is 7.85 Å². The molecule has 0 saturated heterocycles. The summed E-state index contributed by atoms with van der Waals surface area (Å²) >= 11 is 5.22. The van der Waals surface area contributed by atoms with Gasteiger partial charge < -0.3 is 0 Å². The van der Waals surface area contributed by atoms with E-state index in [0.717, 1.165) is 0 Å². The third-order valence-corrected chi connectivity index (χ3v) is 5.93. The molecule has 12 heavy (non-hydrogen) atoms. The monoisotopic (exact) mass is 392 g/mol. The van der Waals surface area contributed by atoms with Crippen molar-refractivity contribution in [2.75, 3.05) is 4.43 Å². The van der Waals surface area contributed by atoms with Gasteiger partial charge in [-0.1, -0.05) is 78.3 Å². The average molecular weight is 392 g/mol. The normalized spacial score (nSPS) is 24.0. The van der Waals surface area contributed by atoms with Crippen LogP contribution in [0, 0.1) is 5.41 Å². The van der Waals surface area contributed by atoms with Crippen LogP contribution in [-0.2, 0) is 0 Å². The second kappa shape index (κ2) is 4.32. The van der Waals surface area contributed by atoms with Crippen molar-refractivity contribution < 1.29 is 0 Å². The van der Waals surface area contributed by atoms with Crippen LogP contribution >= 0.6 is 45.2 Å². The summed E-state index contributed by atoms with van der Waals surface area (Å²) in [5, 5.41) is 0. The molecule has 1 aliphatic rings. The molecular formula is C10H18I2. The molecule has 0 bridgehead atoms. The molecule has 0 atom stereocenters. The molecule has 0 nitrogen and oxygen atoms in total. The number of halogens is 2. The molecule has 0 spiro atoms. The number of alkyl halides is 2. The fourth-order valence-electron chi connectivity index (χ4n) is 2.12. The Morgan fingerprint density at radius 1 is 1.17 bits per heavy atom. The third-order valence-electron chi connectivity index (χ3n) is 3.33. The van der Waals surface area contributed by atoms with Crippen molar-refractivity contribution in [2.45, 2.75) is 49.4 Å². The Morgan fingerprint density at radius 3 is 1.92 bits per heavy atom. The number of rotatable bonds is 2. The summed E-state index contributed by atoms with van der Waals surface area (Å²) in [5.41, 5.74) is 0.631. The molecule has 0 aromatic heterocycles. The van der Waals surface area contributed by atoms with Crippen molar-refractivity contribution in [2.24, 2.45) is 5.41 Å². The maximum absolute atomic E-state index is 2.64. The largest absolute Gasteiger partial charge is 0.0857 e. The van der Waals surface area contributed by atoms with E-state index in [2.05, 4.69) is 59.0 Å². The quantitative estimate of drug-likeness (QED) is 0.477. The minimum atomic E-state index is 0.479. The van der Waals surface area contributed by atoms with E-state index in [0.29, 0.717) is 8.84 Å². The Kier molecular flexibility index (Phi) is 4.15. The first-order valence-corrected chi connectivity index (χ1v) is 7.37. The maximum atomic E-state index is 2.64. The highest BCUT2D eigenvalue weighted by molar-refractivity contribution is 14.1. The predicted octanol–water partition coefficient (Wildman–Crippen LogP) is 4.59. The highest BCUT2D eigenvalue weighted by atomic mass is 127. The Hall–Kier alpha value is 1.46. The molecule has 0 aliphatic heterocycles. The van der Waals surface area contributed by atoms with Gasteiger partial charge in [0.2, 0.25) is 0 Å². The minimum Gasteiger partial charge on any atom is -0.0857 e. The summed E-state index contributed by atoms with van der Waals surface area (Å²) in [6.45, 7) is 4.80. The van der Waals surface area contributed by atoms with Crippen LogP contribution in [0.1, 0.15) is 46.0 Å². The molecule has 1 rings (SSSR count). The van der Waals surface area contributed by atoms with Crippen molar-refractivity contribution in [3.8, 4) is 0 Å². The smallest absolute Gasteiger partial charge is 0.0229 e. The summed E-state index contributed by atoms with van der Waals surface area (Å²) in [6, 6.07) is 0. The zero-order valence-corrected chi connectivity index (χ0v) is 12.3. The first kappa shape index (κ1) is 11.5. The summed E-state index contributed by atoms with van der Waals surface area (Å²) < 4.78 is 1.81. The van der Waals surface area contributed by atoms with Gasteiger partial charge in [0.1, 0.15) is 0 Å². The van der Waals surface area contributed by atoms with Crippen LogP contribution in [0.3, 0.4) is 0 Å². The number of hydrogen-bond acceptors (Lipinski definition) is 0. The fraction of sp³-hybridized carbons (Fsp3) is 1.00. The third kappa shape index (κ3) is 2.28. The SMILES string of the molecule is CC(C)(I)C1(CI)CCCCC1. The van der Waals surface area contributed by atoms with E-state index in [-0.39, 0.29) is 0 Å². The lowest BCUT2D eigenvalue weighted by Crippen LogP contribution is -2.41. The molecule has 0 amide bonds. The van der Waals surface area contributed by atoms with Gasteiger partial charge in [0.15, 0.2) is 0 Å². The molecule has 1 fully saturated rings. The molecule has 2 heteroatoms. The van der Waals surface area contributed by atoms with E-state index >= 15 is 0 Å². The molecule has 1 saturated carbocycles. The van der Waals surface area contributed by atoms with E-state index < -0.39 is 0 Å². The van der Waals surface area contributed by atoms with Gasteiger partial charge >= 0.3 is 0 Å². The molecule has 0 unspecified atom stereocenters. The molecule has 72 valence electrons. The van der Waals surface area contributed by atoms with E-state index in [4.69, 9.17) is 0 Å². The Bertz CT molecular complexity index is 140. The van der Waals surface area contributed by atoms with Gasteiger partial charge in [-0.05, 0) is 18.3 Å². The molecule has 0 aromatic carbocycles. The fourth-order valence-corrected chi connectivity index (χ4v) is 5.29. The van der Waals surface area contributed by atoms with Gasteiger partial charge in [-0.15, -0.1) is 0 Å².